The summed E-state index contributed by atoms with van der Waals surface area (Å²) in [5, 5.41) is 2.97. The Hall–Kier alpha value is -0.830. The van der Waals surface area contributed by atoms with Gasteiger partial charge in [0.15, 0.2) is 0 Å². The minimum absolute atomic E-state index is 0.144. The molecule has 1 atom stereocenters. The van der Waals surface area contributed by atoms with Gasteiger partial charge in [-0.05, 0) is 42.4 Å². The van der Waals surface area contributed by atoms with Crippen LogP contribution in [0.3, 0.4) is 0 Å². The standard InChI is InChI=1S/C18H24BrNO/c19-18(13-6-4-2-1-3-5-7-13)15-8-10-16-14(12-15)9-11-17(21)20-16/h8,10,12-13,18H,1-7,9,11H2,(H,20,21). The average molecular weight is 350 g/mol. The van der Waals surface area contributed by atoms with Crippen LogP contribution in [0.2, 0.25) is 0 Å². The summed E-state index contributed by atoms with van der Waals surface area (Å²) in [7, 11) is 0. The number of rotatable bonds is 2. The Balaban J connectivity index is 1.74. The highest BCUT2D eigenvalue weighted by molar-refractivity contribution is 9.09. The predicted molar refractivity (Wildman–Crippen MR) is 90.9 cm³/mol. The molecule has 1 aromatic carbocycles. The number of fused-ring (bicyclic) bond motifs is 1. The SMILES string of the molecule is O=C1CCc2cc(C(Br)C3CCCCCCC3)ccc2N1. The van der Waals surface area contributed by atoms with Gasteiger partial charge < -0.3 is 5.32 Å². The molecule has 1 unspecified atom stereocenters. The molecule has 114 valence electrons. The predicted octanol–water partition coefficient (Wildman–Crippen LogP) is 5.37. The van der Waals surface area contributed by atoms with E-state index in [1.54, 1.807) is 0 Å². The minimum Gasteiger partial charge on any atom is -0.326 e. The Morgan fingerprint density at radius 3 is 2.52 bits per heavy atom. The lowest BCUT2D eigenvalue weighted by Gasteiger charge is -2.26. The summed E-state index contributed by atoms with van der Waals surface area (Å²) in [6.07, 6.45) is 11.1. The summed E-state index contributed by atoms with van der Waals surface area (Å²) < 4.78 is 0. The highest BCUT2D eigenvalue weighted by Crippen LogP contribution is 2.40. The summed E-state index contributed by atoms with van der Waals surface area (Å²) in [4.78, 5) is 11.9. The Morgan fingerprint density at radius 1 is 1.05 bits per heavy atom. The van der Waals surface area contributed by atoms with Gasteiger partial charge in [0.1, 0.15) is 0 Å². The van der Waals surface area contributed by atoms with Crippen LogP contribution in [0.4, 0.5) is 5.69 Å². The van der Waals surface area contributed by atoms with E-state index in [9.17, 15) is 4.79 Å². The average Bonchev–Trinajstić information content (AvgIpc) is 2.46. The van der Waals surface area contributed by atoms with Crippen LogP contribution in [-0.4, -0.2) is 5.91 Å². The van der Waals surface area contributed by atoms with E-state index in [1.807, 2.05) is 0 Å². The van der Waals surface area contributed by atoms with Crippen LogP contribution in [0.15, 0.2) is 18.2 Å². The molecule has 0 radical (unpaired) electrons. The quantitative estimate of drug-likeness (QED) is 0.714. The fraction of sp³-hybridized carbons (Fsp3) is 0.611. The van der Waals surface area contributed by atoms with Gasteiger partial charge in [0.25, 0.3) is 0 Å². The second-order valence-corrected chi connectivity index (χ2v) is 7.46. The Bertz CT molecular complexity index is 506. The third-order valence-corrected chi connectivity index (χ3v) is 6.18. The fourth-order valence-corrected chi connectivity index (χ4v) is 4.44. The van der Waals surface area contributed by atoms with E-state index in [0.29, 0.717) is 11.2 Å². The highest BCUT2D eigenvalue weighted by Gasteiger charge is 2.23. The van der Waals surface area contributed by atoms with Crippen molar-refractivity contribution in [3.05, 3.63) is 29.3 Å². The zero-order valence-corrected chi connectivity index (χ0v) is 14.1. The van der Waals surface area contributed by atoms with E-state index >= 15 is 0 Å². The molecule has 1 saturated carbocycles. The van der Waals surface area contributed by atoms with E-state index in [0.717, 1.165) is 18.0 Å². The number of nitrogens with one attached hydrogen (secondary N) is 1. The number of carbonyl (C=O) groups is 1. The van der Waals surface area contributed by atoms with Gasteiger partial charge >= 0.3 is 0 Å². The van der Waals surface area contributed by atoms with Crippen LogP contribution in [-0.2, 0) is 11.2 Å². The summed E-state index contributed by atoms with van der Waals surface area (Å²) in [5.74, 6) is 0.896. The molecular weight excluding hydrogens is 326 g/mol. The van der Waals surface area contributed by atoms with E-state index in [4.69, 9.17) is 0 Å². The third kappa shape index (κ3) is 3.68. The van der Waals surface area contributed by atoms with Crippen molar-refractivity contribution >= 4 is 27.5 Å². The van der Waals surface area contributed by atoms with E-state index in [1.165, 1.54) is 56.1 Å². The van der Waals surface area contributed by atoms with Crippen LogP contribution in [0.1, 0.15) is 67.3 Å². The number of aryl methyl sites for hydroxylation is 1. The third-order valence-electron chi connectivity index (χ3n) is 4.91. The second kappa shape index (κ2) is 6.95. The topological polar surface area (TPSA) is 29.1 Å². The molecule has 2 aliphatic rings. The van der Waals surface area contributed by atoms with Gasteiger partial charge in [-0.2, -0.15) is 0 Å². The van der Waals surface area contributed by atoms with Crippen molar-refractivity contribution < 1.29 is 4.79 Å². The van der Waals surface area contributed by atoms with Crippen molar-refractivity contribution in [1.29, 1.82) is 0 Å². The first-order valence-corrected chi connectivity index (χ1v) is 9.22. The van der Waals surface area contributed by atoms with E-state index in [2.05, 4.69) is 39.4 Å². The maximum atomic E-state index is 11.4. The van der Waals surface area contributed by atoms with E-state index < -0.39 is 0 Å². The summed E-state index contributed by atoms with van der Waals surface area (Å²) >= 11 is 3.96. The zero-order chi connectivity index (χ0) is 14.7. The fourth-order valence-electron chi connectivity index (χ4n) is 3.63. The van der Waals surface area contributed by atoms with Crippen LogP contribution in [0, 0.1) is 5.92 Å². The smallest absolute Gasteiger partial charge is 0.224 e. The van der Waals surface area contributed by atoms with Gasteiger partial charge in [-0.3, -0.25) is 4.79 Å². The molecule has 21 heavy (non-hydrogen) atoms. The molecule has 1 fully saturated rings. The number of anilines is 1. The molecule has 1 amide bonds. The number of benzene rings is 1. The number of amides is 1. The molecule has 1 heterocycles. The molecule has 1 aliphatic heterocycles. The normalized spacial score (nSPS) is 21.9. The monoisotopic (exact) mass is 349 g/mol. The molecule has 0 bridgehead atoms. The molecule has 0 saturated heterocycles. The Labute approximate surface area is 135 Å². The molecule has 1 aliphatic carbocycles. The molecule has 3 rings (SSSR count). The first-order valence-electron chi connectivity index (χ1n) is 8.31. The number of hydrogen-bond acceptors (Lipinski definition) is 1. The van der Waals surface area contributed by atoms with Crippen LogP contribution in [0.5, 0.6) is 0 Å². The molecular formula is C18H24BrNO. The number of halogens is 1. The minimum atomic E-state index is 0.144. The summed E-state index contributed by atoms with van der Waals surface area (Å²) in [6.45, 7) is 0. The van der Waals surface area contributed by atoms with Crippen molar-refractivity contribution in [3.8, 4) is 0 Å². The molecule has 1 N–H and O–H groups in total. The first-order chi connectivity index (χ1) is 10.2. The molecule has 2 nitrogen and oxygen atoms in total. The van der Waals surface area contributed by atoms with Crippen molar-refractivity contribution in [2.45, 2.75) is 62.6 Å². The summed E-state index contributed by atoms with van der Waals surface area (Å²) in [6, 6.07) is 6.56. The van der Waals surface area contributed by atoms with Gasteiger partial charge in [0.2, 0.25) is 5.91 Å². The van der Waals surface area contributed by atoms with Crippen molar-refractivity contribution in [2.24, 2.45) is 5.92 Å². The lowest BCUT2D eigenvalue weighted by atomic mass is 9.86. The second-order valence-electron chi connectivity index (χ2n) is 6.47. The largest absolute Gasteiger partial charge is 0.326 e. The van der Waals surface area contributed by atoms with E-state index in [-0.39, 0.29) is 5.91 Å². The first kappa shape index (κ1) is 15.1. The lowest BCUT2D eigenvalue weighted by Crippen LogP contribution is -2.19. The van der Waals surface area contributed by atoms with Crippen molar-refractivity contribution in [2.75, 3.05) is 5.32 Å². The van der Waals surface area contributed by atoms with Gasteiger partial charge in [-0.15, -0.1) is 0 Å². The van der Waals surface area contributed by atoms with Gasteiger partial charge in [0, 0.05) is 16.9 Å². The lowest BCUT2D eigenvalue weighted by molar-refractivity contribution is -0.116. The molecule has 3 heteroatoms. The Kier molecular flexibility index (Phi) is 4.99. The maximum Gasteiger partial charge on any atom is 0.224 e. The van der Waals surface area contributed by atoms with Gasteiger partial charge in [-0.25, -0.2) is 0 Å². The van der Waals surface area contributed by atoms with Crippen LogP contribution in [0.25, 0.3) is 0 Å². The van der Waals surface area contributed by atoms with Crippen molar-refractivity contribution in [1.82, 2.24) is 0 Å². The molecule has 0 spiro atoms. The van der Waals surface area contributed by atoms with Gasteiger partial charge in [0.05, 0.1) is 0 Å². The maximum absolute atomic E-state index is 11.4. The summed E-state index contributed by atoms with van der Waals surface area (Å²) in [5.41, 5.74) is 3.69. The van der Waals surface area contributed by atoms with Crippen LogP contribution >= 0.6 is 15.9 Å². The van der Waals surface area contributed by atoms with Gasteiger partial charge in [-0.1, -0.05) is 60.2 Å². The number of alkyl halides is 1. The zero-order valence-electron chi connectivity index (χ0n) is 12.5. The number of carbonyl (C=O) groups excluding carboxylic acids is 1. The van der Waals surface area contributed by atoms with Crippen LogP contribution < -0.4 is 5.32 Å². The highest BCUT2D eigenvalue weighted by atomic mass is 79.9. The molecule has 1 aromatic rings. The number of hydrogen-bond donors (Lipinski definition) is 1. The Morgan fingerprint density at radius 2 is 1.76 bits per heavy atom. The van der Waals surface area contributed by atoms with Crippen molar-refractivity contribution in [3.63, 3.8) is 0 Å². The molecule has 0 aromatic heterocycles.